The molecule has 3 aliphatic rings. The molecule has 2 saturated heterocycles. The zero-order valence-corrected chi connectivity index (χ0v) is 8.96. The predicted octanol–water partition coefficient (Wildman–Crippen LogP) is 0.809. The van der Waals surface area contributed by atoms with Crippen molar-refractivity contribution in [1.29, 1.82) is 0 Å². The molecule has 3 heterocycles. The van der Waals surface area contributed by atoms with Crippen LogP contribution in [0.5, 0.6) is 0 Å². The van der Waals surface area contributed by atoms with Crippen molar-refractivity contribution < 1.29 is 4.84 Å². The van der Waals surface area contributed by atoms with Gasteiger partial charge in [-0.25, -0.2) is 0 Å². The largest absolute Gasteiger partial charge is 0.386 e. The maximum Gasteiger partial charge on any atom is 0.160 e. The van der Waals surface area contributed by atoms with Crippen molar-refractivity contribution >= 4 is 29.0 Å². The van der Waals surface area contributed by atoms with E-state index in [0.29, 0.717) is 0 Å². The molecule has 3 atom stereocenters. The third-order valence-corrected chi connectivity index (χ3v) is 3.70. The molecule has 0 N–H and O–H groups in total. The van der Waals surface area contributed by atoms with E-state index in [4.69, 9.17) is 4.84 Å². The smallest absolute Gasteiger partial charge is 0.160 e. The normalized spacial score (nSPS) is 46.1. The number of fused-ring (bicyclic) bond motifs is 3. The first-order valence-electron chi connectivity index (χ1n) is 4.41. The van der Waals surface area contributed by atoms with E-state index < -0.39 is 0 Å². The van der Waals surface area contributed by atoms with Crippen LogP contribution in [0.2, 0.25) is 0 Å². The van der Waals surface area contributed by atoms with Crippen LogP contribution in [0.25, 0.3) is 0 Å². The number of rotatable bonds is 0. The van der Waals surface area contributed by atoms with E-state index in [9.17, 15) is 0 Å². The minimum Gasteiger partial charge on any atom is -0.386 e. The molecule has 3 aliphatic heterocycles. The van der Waals surface area contributed by atoms with E-state index in [2.05, 4.69) is 26.0 Å². The van der Waals surface area contributed by atoms with Gasteiger partial charge in [0.05, 0.1) is 0 Å². The SMILES string of the molecule is BrC1=NOC2(C1)CN1CCC2C1.[B]. The zero-order valence-electron chi connectivity index (χ0n) is 7.37. The van der Waals surface area contributed by atoms with Crippen LogP contribution in [0, 0.1) is 5.92 Å². The van der Waals surface area contributed by atoms with Crippen molar-refractivity contribution in [3.63, 3.8) is 0 Å². The Hall–Kier alpha value is -0.0251. The average Bonchev–Trinajstić information content (AvgIpc) is 2.67. The van der Waals surface area contributed by atoms with Gasteiger partial charge in [0.25, 0.3) is 0 Å². The molecule has 5 heteroatoms. The van der Waals surface area contributed by atoms with Crippen LogP contribution >= 0.6 is 15.9 Å². The Morgan fingerprint density at radius 2 is 2.46 bits per heavy atom. The number of piperidine rings is 1. The van der Waals surface area contributed by atoms with Crippen LogP contribution in [0.15, 0.2) is 5.16 Å². The fourth-order valence-corrected chi connectivity index (χ4v) is 3.22. The Labute approximate surface area is 88.2 Å². The molecule has 3 nitrogen and oxygen atoms in total. The number of halogens is 1. The lowest BCUT2D eigenvalue weighted by molar-refractivity contribution is -0.0517. The molecule has 69 valence electrons. The maximum absolute atomic E-state index is 5.55. The van der Waals surface area contributed by atoms with E-state index in [1.165, 1.54) is 19.5 Å². The summed E-state index contributed by atoms with van der Waals surface area (Å²) >= 11 is 3.40. The Bertz CT molecular complexity index is 261. The van der Waals surface area contributed by atoms with Gasteiger partial charge in [-0.15, -0.1) is 0 Å². The van der Waals surface area contributed by atoms with Gasteiger partial charge in [0.15, 0.2) is 5.60 Å². The second-order valence-electron chi connectivity index (χ2n) is 4.02. The quantitative estimate of drug-likeness (QED) is 0.587. The summed E-state index contributed by atoms with van der Waals surface area (Å²) in [5.41, 5.74) is 0.0527. The molecule has 0 aromatic rings. The molecule has 1 spiro atoms. The van der Waals surface area contributed by atoms with Crippen molar-refractivity contribution in [3.8, 4) is 0 Å². The first-order valence-corrected chi connectivity index (χ1v) is 5.21. The second kappa shape index (κ2) is 2.99. The molecule has 13 heavy (non-hydrogen) atoms. The molecule has 0 saturated carbocycles. The summed E-state index contributed by atoms with van der Waals surface area (Å²) in [6, 6.07) is 0. The molecule has 0 aliphatic carbocycles. The molecule has 0 aromatic heterocycles. The van der Waals surface area contributed by atoms with Crippen molar-refractivity contribution in [2.24, 2.45) is 11.1 Å². The van der Waals surface area contributed by atoms with Gasteiger partial charge in [-0.3, -0.25) is 4.90 Å². The standard InChI is InChI=1S/C8H11BrN2O.B/c9-7-3-8(12-10-7)5-11-2-1-6(8)4-11;/h6H,1-5H2;. The summed E-state index contributed by atoms with van der Waals surface area (Å²) in [5, 5.41) is 4.00. The highest BCUT2D eigenvalue weighted by Gasteiger charge is 2.55. The van der Waals surface area contributed by atoms with Gasteiger partial charge >= 0.3 is 0 Å². The summed E-state index contributed by atoms with van der Waals surface area (Å²) in [6.07, 6.45) is 2.27. The number of nitrogens with zero attached hydrogens (tertiary/aromatic N) is 2. The minimum absolute atomic E-state index is 0. The summed E-state index contributed by atoms with van der Waals surface area (Å²) in [7, 11) is 0. The van der Waals surface area contributed by atoms with Crippen LogP contribution in [-0.4, -0.2) is 43.2 Å². The van der Waals surface area contributed by atoms with Crippen molar-refractivity contribution in [2.45, 2.75) is 18.4 Å². The molecule has 2 bridgehead atoms. The molecule has 3 rings (SSSR count). The van der Waals surface area contributed by atoms with Gasteiger partial charge in [0.2, 0.25) is 0 Å². The zero-order chi connectivity index (χ0) is 8.18. The first-order chi connectivity index (χ1) is 5.78. The summed E-state index contributed by atoms with van der Waals surface area (Å²) in [5.74, 6) is 0.719. The number of hydrogen-bond donors (Lipinski definition) is 0. The van der Waals surface area contributed by atoms with Crippen LogP contribution in [0.4, 0.5) is 0 Å². The predicted molar refractivity (Wildman–Crippen MR) is 55.1 cm³/mol. The highest BCUT2D eigenvalue weighted by molar-refractivity contribution is 9.18. The monoisotopic (exact) mass is 241 g/mol. The van der Waals surface area contributed by atoms with E-state index in [-0.39, 0.29) is 14.0 Å². The lowest BCUT2D eigenvalue weighted by Crippen LogP contribution is -2.42. The molecule has 3 unspecified atom stereocenters. The third-order valence-electron chi connectivity index (χ3n) is 3.28. The van der Waals surface area contributed by atoms with E-state index >= 15 is 0 Å². The summed E-state index contributed by atoms with van der Waals surface area (Å²) in [4.78, 5) is 8.02. The van der Waals surface area contributed by atoms with E-state index in [0.717, 1.165) is 23.5 Å². The van der Waals surface area contributed by atoms with Crippen molar-refractivity contribution in [3.05, 3.63) is 0 Å². The molecule has 0 amide bonds. The van der Waals surface area contributed by atoms with Crippen molar-refractivity contribution in [2.75, 3.05) is 19.6 Å². The lowest BCUT2D eigenvalue weighted by Gasteiger charge is -2.30. The van der Waals surface area contributed by atoms with Gasteiger partial charge < -0.3 is 4.84 Å². The topological polar surface area (TPSA) is 24.8 Å². The number of hydrogen-bond acceptors (Lipinski definition) is 3. The van der Waals surface area contributed by atoms with Gasteiger partial charge in [-0.05, 0) is 28.9 Å². The maximum atomic E-state index is 5.55. The fourth-order valence-electron chi connectivity index (χ4n) is 2.67. The van der Waals surface area contributed by atoms with Crippen LogP contribution in [0.1, 0.15) is 12.8 Å². The second-order valence-corrected chi connectivity index (χ2v) is 4.94. The van der Waals surface area contributed by atoms with E-state index in [1.807, 2.05) is 0 Å². The Kier molecular flexibility index (Phi) is 2.19. The van der Waals surface area contributed by atoms with Gasteiger partial charge in [0, 0.05) is 33.8 Å². The first kappa shape index (κ1) is 9.53. The minimum atomic E-state index is 0. The van der Waals surface area contributed by atoms with Crippen LogP contribution in [-0.2, 0) is 4.84 Å². The summed E-state index contributed by atoms with van der Waals surface area (Å²) in [6.45, 7) is 3.56. The van der Waals surface area contributed by atoms with Gasteiger partial charge in [-0.2, -0.15) is 0 Å². The van der Waals surface area contributed by atoms with Crippen LogP contribution < -0.4 is 0 Å². The molecule has 3 radical (unpaired) electrons. The molecule has 0 aromatic carbocycles. The molecule has 2 fully saturated rings. The Morgan fingerprint density at radius 3 is 2.92 bits per heavy atom. The Morgan fingerprint density at radius 1 is 1.62 bits per heavy atom. The van der Waals surface area contributed by atoms with E-state index in [1.54, 1.807) is 0 Å². The molecular weight excluding hydrogens is 231 g/mol. The lowest BCUT2D eigenvalue weighted by atomic mass is 9.86. The number of oxime groups is 1. The van der Waals surface area contributed by atoms with Gasteiger partial charge in [0.1, 0.15) is 4.62 Å². The Balaban J connectivity index is 0.000000653. The van der Waals surface area contributed by atoms with Gasteiger partial charge in [-0.1, -0.05) is 5.16 Å². The highest BCUT2D eigenvalue weighted by atomic mass is 79.9. The molecular formula is C8H11BBrN2O. The fraction of sp³-hybridized carbons (Fsp3) is 0.875. The third kappa shape index (κ3) is 1.24. The summed E-state index contributed by atoms with van der Waals surface area (Å²) < 4.78 is 0.983. The highest BCUT2D eigenvalue weighted by Crippen LogP contribution is 2.44. The van der Waals surface area contributed by atoms with Crippen LogP contribution in [0.3, 0.4) is 0 Å². The average molecular weight is 242 g/mol. The van der Waals surface area contributed by atoms with Crippen molar-refractivity contribution in [1.82, 2.24) is 4.90 Å².